The number of rotatable bonds is 11. The standard InChI is InChI=1S/C13H17NO4.C8H9NO2/c15-12(16)8-9-14-11(13(17)18)7-6-10-4-2-1-3-5-10;10-8(11)6-9-7-4-2-1-3-5-7/h1-5,11,14H,6-9H2,(H,15,16)(H,17,18);1-5,9H,6H2,(H,10,11)/t11-;/m1./s1. The molecule has 0 saturated heterocycles. The Morgan fingerprint density at radius 3 is 1.93 bits per heavy atom. The van der Waals surface area contributed by atoms with E-state index in [2.05, 4.69) is 10.6 Å². The number of hydrogen-bond donors (Lipinski definition) is 5. The lowest BCUT2D eigenvalue weighted by atomic mass is 10.1. The van der Waals surface area contributed by atoms with Crippen molar-refractivity contribution in [2.45, 2.75) is 25.3 Å². The van der Waals surface area contributed by atoms with Crippen LogP contribution in [-0.2, 0) is 20.8 Å². The first-order chi connectivity index (χ1) is 13.9. The molecule has 2 rings (SSSR count). The Morgan fingerprint density at radius 2 is 1.41 bits per heavy atom. The number of aliphatic carboxylic acids is 3. The van der Waals surface area contributed by atoms with E-state index in [1.807, 2.05) is 60.7 Å². The summed E-state index contributed by atoms with van der Waals surface area (Å²) in [7, 11) is 0. The smallest absolute Gasteiger partial charge is 0.322 e. The van der Waals surface area contributed by atoms with Gasteiger partial charge in [0.2, 0.25) is 0 Å². The van der Waals surface area contributed by atoms with E-state index < -0.39 is 23.9 Å². The molecule has 0 aliphatic heterocycles. The van der Waals surface area contributed by atoms with E-state index in [4.69, 9.17) is 15.3 Å². The Hall–Kier alpha value is -3.39. The highest BCUT2D eigenvalue weighted by molar-refractivity contribution is 5.73. The Balaban J connectivity index is 0.000000326. The van der Waals surface area contributed by atoms with E-state index in [0.29, 0.717) is 12.8 Å². The third-order valence-electron chi connectivity index (χ3n) is 3.81. The zero-order valence-electron chi connectivity index (χ0n) is 16.0. The molecule has 0 spiro atoms. The van der Waals surface area contributed by atoms with E-state index in [-0.39, 0.29) is 19.5 Å². The van der Waals surface area contributed by atoms with E-state index >= 15 is 0 Å². The number of carboxylic acid groups (broad SMARTS) is 3. The maximum absolute atomic E-state index is 11.0. The molecule has 0 heterocycles. The molecule has 0 fully saturated rings. The van der Waals surface area contributed by atoms with Crippen LogP contribution >= 0.6 is 0 Å². The number of benzene rings is 2. The average molecular weight is 402 g/mol. The van der Waals surface area contributed by atoms with Gasteiger partial charge in [-0.1, -0.05) is 48.5 Å². The second-order valence-electron chi connectivity index (χ2n) is 6.13. The molecule has 5 N–H and O–H groups in total. The van der Waals surface area contributed by atoms with Gasteiger partial charge in [-0.15, -0.1) is 0 Å². The van der Waals surface area contributed by atoms with Crippen molar-refractivity contribution in [3.63, 3.8) is 0 Å². The van der Waals surface area contributed by atoms with Crippen LogP contribution in [0.25, 0.3) is 0 Å². The quantitative estimate of drug-likeness (QED) is 0.386. The Kier molecular flexibility index (Phi) is 11.2. The number of carbonyl (C=O) groups is 3. The molecule has 2 aromatic rings. The highest BCUT2D eigenvalue weighted by Crippen LogP contribution is 2.05. The Bertz CT molecular complexity index is 752. The molecule has 8 nitrogen and oxygen atoms in total. The SMILES string of the molecule is O=C(O)CCN[C@H](CCc1ccccc1)C(=O)O.O=C(O)CNc1ccccc1. The minimum atomic E-state index is -0.948. The van der Waals surface area contributed by atoms with Gasteiger partial charge < -0.3 is 26.0 Å². The highest BCUT2D eigenvalue weighted by Gasteiger charge is 2.16. The van der Waals surface area contributed by atoms with Crippen molar-refractivity contribution in [1.29, 1.82) is 0 Å². The van der Waals surface area contributed by atoms with Crippen molar-refractivity contribution in [3.8, 4) is 0 Å². The first-order valence-electron chi connectivity index (χ1n) is 9.11. The van der Waals surface area contributed by atoms with Crippen molar-refractivity contribution < 1.29 is 29.7 Å². The van der Waals surface area contributed by atoms with Gasteiger partial charge in [-0.25, -0.2) is 0 Å². The predicted molar refractivity (Wildman–Crippen MR) is 109 cm³/mol. The van der Waals surface area contributed by atoms with Crippen molar-refractivity contribution in [2.75, 3.05) is 18.4 Å². The Morgan fingerprint density at radius 1 is 0.828 bits per heavy atom. The second kappa shape index (κ2) is 13.7. The zero-order chi connectivity index (χ0) is 21.5. The number of hydrogen-bond acceptors (Lipinski definition) is 5. The van der Waals surface area contributed by atoms with Crippen LogP contribution < -0.4 is 10.6 Å². The Labute approximate surface area is 169 Å². The van der Waals surface area contributed by atoms with E-state index in [9.17, 15) is 14.4 Å². The molecule has 0 aliphatic carbocycles. The third-order valence-corrected chi connectivity index (χ3v) is 3.81. The van der Waals surface area contributed by atoms with Crippen LogP contribution in [0.2, 0.25) is 0 Å². The number of carboxylic acids is 3. The van der Waals surface area contributed by atoms with Crippen LogP contribution in [0, 0.1) is 0 Å². The molecule has 0 radical (unpaired) electrons. The molecule has 0 aromatic heterocycles. The summed E-state index contributed by atoms with van der Waals surface area (Å²) in [6.45, 7) is 0.130. The molecular formula is C21H26N2O6. The van der Waals surface area contributed by atoms with Gasteiger partial charge in [-0.05, 0) is 30.5 Å². The largest absolute Gasteiger partial charge is 0.481 e. The summed E-state index contributed by atoms with van der Waals surface area (Å²) in [6, 6.07) is 18.1. The molecule has 0 aliphatic rings. The topological polar surface area (TPSA) is 136 Å². The summed E-state index contributed by atoms with van der Waals surface area (Å²) in [4.78, 5) is 31.4. The minimum absolute atomic E-state index is 0.0377. The van der Waals surface area contributed by atoms with Crippen LogP contribution in [0.1, 0.15) is 18.4 Å². The summed E-state index contributed by atoms with van der Waals surface area (Å²) < 4.78 is 0. The monoisotopic (exact) mass is 402 g/mol. The molecule has 156 valence electrons. The first kappa shape index (κ1) is 23.6. The van der Waals surface area contributed by atoms with Gasteiger partial charge in [-0.2, -0.15) is 0 Å². The molecule has 0 bridgehead atoms. The van der Waals surface area contributed by atoms with E-state index in [0.717, 1.165) is 11.3 Å². The summed E-state index contributed by atoms with van der Waals surface area (Å²) >= 11 is 0. The van der Waals surface area contributed by atoms with Crippen LogP contribution in [0.4, 0.5) is 5.69 Å². The summed E-state index contributed by atoms with van der Waals surface area (Å²) in [6.07, 6.45) is 1.02. The fraction of sp³-hybridized carbons (Fsp3) is 0.286. The van der Waals surface area contributed by atoms with Crippen LogP contribution in [-0.4, -0.2) is 52.4 Å². The van der Waals surface area contributed by atoms with Gasteiger partial charge in [0.1, 0.15) is 12.6 Å². The lowest BCUT2D eigenvalue weighted by Gasteiger charge is -2.13. The molecule has 0 amide bonds. The fourth-order valence-electron chi connectivity index (χ4n) is 2.36. The maximum Gasteiger partial charge on any atom is 0.322 e. The number of anilines is 1. The van der Waals surface area contributed by atoms with Crippen molar-refractivity contribution in [3.05, 3.63) is 66.2 Å². The normalized spacial score (nSPS) is 10.9. The zero-order valence-corrected chi connectivity index (χ0v) is 16.0. The van der Waals surface area contributed by atoms with Gasteiger partial charge >= 0.3 is 17.9 Å². The van der Waals surface area contributed by atoms with Crippen LogP contribution in [0.15, 0.2) is 60.7 Å². The molecule has 1 atom stereocenters. The van der Waals surface area contributed by atoms with Gasteiger partial charge in [0.15, 0.2) is 0 Å². The highest BCUT2D eigenvalue weighted by atomic mass is 16.4. The number of nitrogens with one attached hydrogen (secondary N) is 2. The average Bonchev–Trinajstić information content (AvgIpc) is 2.70. The third kappa shape index (κ3) is 11.8. The van der Waals surface area contributed by atoms with Crippen molar-refractivity contribution in [1.82, 2.24) is 5.32 Å². The number of para-hydroxylation sites is 1. The second-order valence-corrected chi connectivity index (χ2v) is 6.13. The van der Waals surface area contributed by atoms with E-state index in [1.54, 1.807) is 0 Å². The molecule has 2 aromatic carbocycles. The van der Waals surface area contributed by atoms with E-state index in [1.165, 1.54) is 0 Å². The number of aryl methyl sites for hydroxylation is 1. The lowest BCUT2D eigenvalue weighted by molar-refractivity contribution is -0.141. The lowest BCUT2D eigenvalue weighted by Crippen LogP contribution is -2.38. The van der Waals surface area contributed by atoms with Gasteiger partial charge in [0.25, 0.3) is 0 Å². The van der Waals surface area contributed by atoms with Crippen LogP contribution in [0.5, 0.6) is 0 Å². The molecular weight excluding hydrogens is 376 g/mol. The van der Waals surface area contributed by atoms with Gasteiger partial charge in [0.05, 0.1) is 6.42 Å². The summed E-state index contributed by atoms with van der Waals surface area (Å²) in [5.41, 5.74) is 1.90. The minimum Gasteiger partial charge on any atom is -0.481 e. The van der Waals surface area contributed by atoms with Gasteiger partial charge in [-0.3, -0.25) is 14.4 Å². The van der Waals surface area contributed by atoms with Crippen molar-refractivity contribution in [2.24, 2.45) is 0 Å². The van der Waals surface area contributed by atoms with Gasteiger partial charge in [0, 0.05) is 12.2 Å². The summed E-state index contributed by atoms with van der Waals surface area (Å²) in [5.74, 6) is -2.74. The summed E-state index contributed by atoms with van der Waals surface area (Å²) in [5, 5.41) is 31.3. The maximum atomic E-state index is 11.0. The molecule has 29 heavy (non-hydrogen) atoms. The van der Waals surface area contributed by atoms with Crippen LogP contribution in [0.3, 0.4) is 0 Å². The fourth-order valence-corrected chi connectivity index (χ4v) is 2.36. The molecule has 8 heteroatoms. The van der Waals surface area contributed by atoms with Crippen molar-refractivity contribution >= 4 is 23.6 Å². The molecule has 0 saturated carbocycles. The first-order valence-corrected chi connectivity index (χ1v) is 9.11. The predicted octanol–water partition coefficient (Wildman–Crippen LogP) is 2.32. The molecule has 0 unspecified atom stereocenters.